The lowest BCUT2D eigenvalue weighted by atomic mass is 10.0. The zero-order chi connectivity index (χ0) is 28.4. The van der Waals surface area contributed by atoms with E-state index < -0.39 is 6.04 Å². The molecule has 3 rings (SSSR count). The van der Waals surface area contributed by atoms with Gasteiger partial charge in [-0.15, -0.1) is 0 Å². The van der Waals surface area contributed by atoms with E-state index in [2.05, 4.69) is 43.2 Å². The van der Waals surface area contributed by atoms with Crippen LogP contribution in [0.15, 0.2) is 72.8 Å². The molecular formula is C32H41N3O4. The Morgan fingerprint density at radius 3 is 2.03 bits per heavy atom. The Morgan fingerprint density at radius 1 is 0.821 bits per heavy atom. The second-order valence-corrected chi connectivity index (χ2v) is 10.6. The van der Waals surface area contributed by atoms with Crippen LogP contribution in [0, 0.1) is 11.8 Å². The highest BCUT2D eigenvalue weighted by atomic mass is 16.5. The third-order valence-electron chi connectivity index (χ3n) is 5.99. The fraction of sp³-hybridized carbons (Fsp3) is 0.375. The second kappa shape index (κ2) is 14.4. The third-order valence-corrected chi connectivity index (χ3v) is 5.99. The number of benzene rings is 3. The molecule has 0 aliphatic heterocycles. The van der Waals surface area contributed by atoms with Gasteiger partial charge in [0.25, 0.3) is 0 Å². The van der Waals surface area contributed by atoms with Crippen molar-refractivity contribution in [2.24, 2.45) is 11.8 Å². The monoisotopic (exact) mass is 531 g/mol. The van der Waals surface area contributed by atoms with Gasteiger partial charge in [-0.25, -0.2) is 0 Å². The molecule has 0 heterocycles. The van der Waals surface area contributed by atoms with Crippen LogP contribution in [-0.4, -0.2) is 37.0 Å². The van der Waals surface area contributed by atoms with Gasteiger partial charge in [-0.05, 0) is 59.4 Å². The van der Waals surface area contributed by atoms with Gasteiger partial charge in [0.15, 0.2) is 11.5 Å². The number of nitrogens with zero attached hydrogens (tertiary/aromatic N) is 1. The van der Waals surface area contributed by atoms with Crippen molar-refractivity contribution in [3.8, 4) is 11.5 Å². The molecule has 1 atom stereocenters. The topological polar surface area (TPSA) is 79.9 Å². The summed E-state index contributed by atoms with van der Waals surface area (Å²) < 4.78 is 11.6. The van der Waals surface area contributed by atoms with Crippen molar-refractivity contribution in [2.45, 2.75) is 47.2 Å². The fourth-order valence-corrected chi connectivity index (χ4v) is 4.37. The van der Waals surface area contributed by atoms with Crippen molar-refractivity contribution in [3.63, 3.8) is 0 Å². The first-order chi connectivity index (χ1) is 18.7. The van der Waals surface area contributed by atoms with Crippen molar-refractivity contribution in [1.82, 2.24) is 4.90 Å². The molecule has 0 fully saturated rings. The maximum atomic E-state index is 13.9. The average Bonchev–Trinajstić information content (AvgIpc) is 2.89. The molecule has 0 aliphatic carbocycles. The molecule has 3 aromatic carbocycles. The Labute approximate surface area is 232 Å². The lowest BCUT2D eigenvalue weighted by molar-refractivity contribution is -0.122. The largest absolute Gasteiger partial charge is 0.493 e. The molecule has 0 radical (unpaired) electrons. The van der Waals surface area contributed by atoms with Gasteiger partial charge in [0.05, 0.1) is 13.7 Å². The summed E-state index contributed by atoms with van der Waals surface area (Å²) in [6.45, 7) is 11.8. The van der Waals surface area contributed by atoms with Crippen molar-refractivity contribution >= 4 is 23.2 Å². The van der Waals surface area contributed by atoms with Gasteiger partial charge >= 0.3 is 0 Å². The fourth-order valence-electron chi connectivity index (χ4n) is 4.37. The Bertz CT molecular complexity index is 1210. The summed E-state index contributed by atoms with van der Waals surface area (Å²) in [5.74, 6) is 1.84. The molecule has 7 nitrogen and oxygen atoms in total. The van der Waals surface area contributed by atoms with Gasteiger partial charge in [0.2, 0.25) is 11.8 Å². The highest BCUT2D eigenvalue weighted by molar-refractivity contribution is 5.96. The van der Waals surface area contributed by atoms with E-state index in [1.807, 2.05) is 48.5 Å². The van der Waals surface area contributed by atoms with Crippen LogP contribution in [0.3, 0.4) is 0 Å². The number of amides is 2. The van der Waals surface area contributed by atoms with Gasteiger partial charge in [0.1, 0.15) is 6.04 Å². The summed E-state index contributed by atoms with van der Waals surface area (Å²) in [6, 6.07) is 22.4. The van der Waals surface area contributed by atoms with Crippen LogP contribution in [0.4, 0.5) is 11.4 Å². The van der Waals surface area contributed by atoms with Crippen LogP contribution in [0.25, 0.3) is 0 Å². The number of anilines is 2. The van der Waals surface area contributed by atoms with E-state index in [0.717, 1.165) is 11.1 Å². The van der Waals surface area contributed by atoms with E-state index >= 15 is 0 Å². The molecule has 208 valence electrons. The molecule has 39 heavy (non-hydrogen) atoms. The van der Waals surface area contributed by atoms with E-state index in [-0.39, 0.29) is 11.8 Å². The van der Waals surface area contributed by atoms with Crippen molar-refractivity contribution in [1.29, 1.82) is 0 Å². The zero-order valence-corrected chi connectivity index (χ0v) is 23.9. The van der Waals surface area contributed by atoms with Crippen molar-refractivity contribution in [3.05, 3.63) is 83.9 Å². The molecule has 0 aromatic heterocycles. The normalized spacial score (nSPS) is 11.9. The average molecular weight is 532 g/mol. The molecule has 0 saturated carbocycles. The maximum absolute atomic E-state index is 13.9. The maximum Gasteiger partial charge on any atom is 0.246 e. The lowest BCUT2D eigenvalue weighted by Gasteiger charge is -2.33. The molecule has 0 spiro atoms. The van der Waals surface area contributed by atoms with Crippen LogP contribution in [0.5, 0.6) is 11.5 Å². The zero-order valence-electron chi connectivity index (χ0n) is 23.9. The molecule has 2 amide bonds. The van der Waals surface area contributed by atoms with Crippen LogP contribution in [0.2, 0.25) is 0 Å². The molecule has 0 aliphatic rings. The highest BCUT2D eigenvalue weighted by Gasteiger charge is 2.29. The van der Waals surface area contributed by atoms with E-state index in [4.69, 9.17) is 9.47 Å². The number of methoxy groups -OCH3 is 1. The number of hydrogen-bond donors (Lipinski definition) is 2. The number of rotatable bonds is 13. The van der Waals surface area contributed by atoms with Crippen LogP contribution < -0.4 is 20.1 Å². The van der Waals surface area contributed by atoms with Crippen LogP contribution in [0.1, 0.15) is 51.8 Å². The van der Waals surface area contributed by atoms with E-state index in [1.54, 1.807) is 31.4 Å². The van der Waals surface area contributed by atoms with E-state index in [9.17, 15) is 9.59 Å². The minimum Gasteiger partial charge on any atom is -0.493 e. The molecule has 0 saturated heterocycles. The first kappa shape index (κ1) is 29.7. The number of nitrogens with one attached hydrogen (secondary N) is 2. The first-order valence-corrected chi connectivity index (χ1v) is 13.4. The standard InChI is InChI=1S/C32H41N3O4/c1-22(2)19-35(20-25-12-17-29(38-6)30(18-25)39-21-23(3)4)31(26-10-8-7-9-11-26)32(37)34-28-15-13-27(14-16-28)33-24(5)36/h7-18,22-23,31H,19-21H2,1-6H3,(H,33,36)(H,34,37). The molecule has 1 unspecified atom stereocenters. The SMILES string of the molecule is COc1ccc(CN(CC(C)C)C(C(=O)Nc2ccc(NC(C)=O)cc2)c2ccccc2)cc1OCC(C)C. The Kier molecular flexibility index (Phi) is 10.9. The quantitative estimate of drug-likeness (QED) is 0.262. The summed E-state index contributed by atoms with van der Waals surface area (Å²) in [5, 5.41) is 5.83. The molecular weight excluding hydrogens is 490 g/mol. The number of carbonyl (C=O) groups is 2. The molecule has 7 heteroatoms. The lowest BCUT2D eigenvalue weighted by Crippen LogP contribution is -2.39. The highest BCUT2D eigenvalue weighted by Crippen LogP contribution is 2.31. The summed E-state index contributed by atoms with van der Waals surface area (Å²) in [6.07, 6.45) is 0. The molecule has 3 aromatic rings. The second-order valence-electron chi connectivity index (χ2n) is 10.6. The Morgan fingerprint density at radius 2 is 1.46 bits per heavy atom. The van der Waals surface area contributed by atoms with E-state index in [0.29, 0.717) is 54.4 Å². The first-order valence-electron chi connectivity index (χ1n) is 13.4. The summed E-state index contributed by atoms with van der Waals surface area (Å²) in [7, 11) is 1.64. The van der Waals surface area contributed by atoms with Gasteiger partial charge < -0.3 is 20.1 Å². The number of carbonyl (C=O) groups excluding carboxylic acids is 2. The van der Waals surface area contributed by atoms with Gasteiger partial charge in [-0.1, -0.05) is 64.1 Å². The predicted molar refractivity (Wildman–Crippen MR) is 157 cm³/mol. The summed E-state index contributed by atoms with van der Waals surface area (Å²) >= 11 is 0. The van der Waals surface area contributed by atoms with Gasteiger partial charge in [-0.2, -0.15) is 0 Å². The third kappa shape index (κ3) is 9.14. The minimum absolute atomic E-state index is 0.126. The van der Waals surface area contributed by atoms with Crippen molar-refractivity contribution < 1.29 is 19.1 Å². The van der Waals surface area contributed by atoms with Crippen molar-refractivity contribution in [2.75, 3.05) is 30.9 Å². The minimum atomic E-state index is -0.522. The number of ether oxygens (including phenoxy) is 2. The van der Waals surface area contributed by atoms with E-state index in [1.165, 1.54) is 6.92 Å². The number of hydrogen-bond acceptors (Lipinski definition) is 5. The molecule has 2 N–H and O–H groups in total. The van der Waals surface area contributed by atoms with Crippen LogP contribution in [-0.2, 0) is 16.1 Å². The summed E-state index contributed by atoms with van der Waals surface area (Å²) in [4.78, 5) is 27.4. The predicted octanol–water partition coefficient (Wildman–Crippen LogP) is 6.53. The Hall–Kier alpha value is -3.84. The molecule has 0 bridgehead atoms. The summed E-state index contributed by atoms with van der Waals surface area (Å²) in [5.41, 5.74) is 3.28. The Balaban J connectivity index is 1.92. The van der Waals surface area contributed by atoms with Crippen LogP contribution >= 0.6 is 0 Å². The van der Waals surface area contributed by atoms with Gasteiger partial charge in [-0.3, -0.25) is 14.5 Å². The van der Waals surface area contributed by atoms with Gasteiger partial charge in [0, 0.05) is 31.4 Å². The smallest absolute Gasteiger partial charge is 0.246 e.